The van der Waals surface area contributed by atoms with Crippen LogP contribution in [-0.4, -0.2) is 89.2 Å². The molecule has 0 saturated heterocycles. The minimum absolute atomic E-state index is 0.0873. The van der Waals surface area contributed by atoms with Crippen LogP contribution in [0.15, 0.2) is 4.99 Å². The van der Waals surface area contributed by atoms with E-state index in [1.54, 1.807) is 0 Å². The SMILES string of the molecule is CSCCC(NC(=O)C(N)CO)C(=O)NC(C)C(=O)NC(CCCN=C(N)N)C(=O)O. The number of aliphatic imine (C=N–C) groups is 1. The highest BCUT2D eigenvalue weighted by molar-refractivity contribution is 7.98. The monoisotopic (exact) mass is 463 g/mol. The van der Waals surface area contributed by atoms with Gasteiger partial charge in [0.2, 0.25) is 17.7 Å². The molecule has 3 amide bonds. The van der Waals surface area contributed by atoms with Crippen LogP contribution in [0.1, 0.15) is 26.2 Å². The zero-order chi connectivity index (χ0) is 24.0. The normalized spacial score (nSPS) is 14.5. The van der Waals surface area contributed by atoms with Crippen LogP contribution >= 0.6 is 11.8 Å². The topological polar surface area (TPSA) is 235 Å². The predicted octanol–water partition coefficient (Wildman–Crippen LogP) is -3.33. The third-order valence-corrected chi connectivity index (χ3v) is 4.73. The molecule has 0 aromatic rings. The number of thioether (sulfide) groups is 1. The summed E-state index contributed by atoms with van der Waals surface area (Å²) in [5, 5.41) is 25.5. The number of carbonyl (C=O) groups excluding carboxylic acids is 3. The first-order valence-electron chi connectivity index (χ1n) is 9.58. The lowest BCUT2D eigenvalue weighted by Crippen LogP contribution is -2.56. The number of guanidine groups is 1. The van der Waals surface area contributed by atoms with E-state index < -0.39 is 54.5 Å². The molecule has 4 atom stereocenters. The van der Waals surface area contributed by atoms with Crippen LogP contribution in [0.2, 0.25) is 0 Å². The minimum Gasteiger partial charge on any atom is -0.480 e. The zero-order valence-electron chi connectivity index (χ0n) is 17.7. The molecule has 0 spiro atoms. The maximum atomic E-state index is 12.5. The Hall–Kier alpha value is -2.58. The van der Waals surface area contributed by atoms with Gasteiger partial charge in [-0.2, -0.15) is 11.8 Å². The number of hydrogen-bond acceptors (Lipinski definition) is 8. The molecule has 0 bridgehead atoms. The molecule has 0 heterocycles. The summed E-state index contributed by atoms with van der Waals surface area (Å²) in [7, 11) is 0. The van der Waals surface area contributed by atoms with Crippen molar-refractivity contribution in [3.63, 3.8) is 0 Å². The summed E-state index contributed by atoms with van der Waals surface area (Å²) in [6, 6.07) is -4.40. The van der Waals surface area contributed by atoms with Gasteiger partial charge >= 0.3 is 5.97 Å². The van der Waals surface area contributed by atoms with Gasteiger partial charge in [0.25, 0.3) is 0 Å². The Morgan fingerprint density at radius 1 is 1.00 bits per heavy atom. The molecule has 31 heavy (non-hydrogen) atoms. The molecular formula is C17H33N7O6S. The van der Waals surface area contributed by atoms with Crippen molar-refractivity contribution < 1.29 is 29.4 Å². The molecule has 0 fully saturated rings. The Morgan fingerprint density at radius 2 is 1.61 bits per heavy atom. The second-order valence-electron chi connectivity index (χ2n) is 6.71. The molecule has 0 rings (SSSR count). The smallest absolute Gasteiger partial charge is 0.326 e. The quantitative estimate of drug-likeness (QED) is 0.0683. The third-order valence-electron chi connectivity index (χ3n) is 4.09. The molecule has 0 aliphatic carbocycles. The standard InChI is InChI=1S/C17H33N7O6S/c1-9(13(26)24-12(16(29)30)4-3-6-21-17(19)20)22-15(28)11(5-7-31-2)23-14(27)10(18)8-25/h9-12,25H,3-8,18H2,1-2H3,(H,22,28)(H,23,27)(H,24,26)(H,29,30)(H4,19,20,21). The van der Waals surface area contributed by atoms with E-state index in [1.165, 1.54) is 18.7 Å². The summed E-state index contributed by atoms with van der Waals surface area (Å²) in [6.45, 7) is 1.01. The maximum absolute atomic E-state index is 12.5. The molecular weight excluding hydrogens is 430 g/mol. The Labute approximate surface area is 185 Å². The molecule has 13 nitrogen and oxygen atoms in total. The maximum Gasteiger partial charge on any atom is 0.326 e. The Kier molecular flexibility index (Phi) is 14.0. The van der Waals surface area contributed by atoms with Crippen LogP contribution in [0.5, 0.6) is 0 Å². The highest BCUT2D eigenvalue weighted by Crippen LogP contribution is 2.03. The van der Waals surface area contributed by atoms with E-state index in [0.29, 0.717) is 12.2 Å². The second-order valence-corrected chi connectivity index (χ2v) is 7.70. The Bertz CT molecular complexity index is 644. The van der Waals surface area contributed by atoms with Gasteiger partial charge in [0, 0.05) is 6.54 Å². The number of rotatable bonds is 15. The summed E-state index contributed by atoms with van der Waals surface area (Å²) in [5.74, 6) is -2.84. The highest BCUT2D eigenvalue weighted by Gasteiger charge is 2.27. The summed E-state index contributed by atoms with van der Waals surface area (Å²) in [6.07, 6.45) is 2.51. The molecule has 0 radical (unpaired) electrons. The van der Waals surface area contributed by atoms with Gasteiger partial charge in [0.15, 0.2) is 5.96 Å². The number of carboxylic acid groups (broad SMARTS) is 1. The molecule has 0 saturated carbocycles. The molecule has 11 N–H and O–H groups in total. The van der Waals surface area contributed by atoms with Crippen LogP contribution in [0, 0.1) is 0 Å². The average molecular weight is 464 g/mol. The summed E-state index contributed by atoms with van der Waals surface area (Å²) < 4.78 is 0. The van der Waals surface area contributed by atoms with Crippen LogP contribution in [0.4, 0.5) is 0 Å². The summed E-state index contributed by atoms with van der Waals surface area (Å²) >= 11 is 1.46. The predicted molar refractivity (Wildman–Crippen MR) is 117 cm³/mol. The number of aliphatic carboxylic acids is 1. The Balaban J connectivity index is 4.91. The number of nitrogens with one attached hydrogen (secondary N) is 3. The van der Waals surface area contributed by atoms with Crippen LogP contribution in [0.25, 0.3) is 0 Å². The number of nitrogens with zero attached hydrogens (tertiary/aromatic N) is 1. The number of nitrogens with two attached hydrogens (primary N) is 3. The highest BCUT2D eigenvalue weighted by atomic mass is 32.2. The van der Waals surface area contributed by atoms with Crippen molar-refractivity contribution in [2.24, 2.45) is 22.2 Å². The average Bonchev–Trinajstić information content (AvgIpc) is 2.71. The van der Waals surface area contributed by atoms with Crippen LogP contribution < -0.4 is 33.2 Å². The van der Waals surface area contributed by atoms with Crippen molar-refractivity contribution in [1.29, 1.82) is 0 Å². The molecule has 14 heteroatoms. The van der Waals surface area contributed by atoms with Crippen molar-refractivity contribution in [2.75, 3.05) is 25.2 Å². The van der Waals surface area contributed by atoms with E-state index in [2.05, 4.69) is 20.9 Å². The van der Waals surface area contributed by atoms with E-state index in [9.17, 15) is 24.3 Å². The van der Waals surface area contributed by atoms with E-state index in [4.69, 9.17) is 22.3 Å². The van der Waals surface area contributed by atoms with Crippen molar-refractivity contribution in [2.45, 2.75) is 50.4 Å². The second kappa shape index (κ2) is 15.3. The molecule has 0 aliphatic rings. The number of carbonyl (C=O) groups is 4. The van der Waals surface area contributed by atoms with Crippen molar-refractivity contribution in [1.82, 2.24) is 16.0 Å². The van der Waals surface area contributed by atoms with Gasteiger partial charge in [0.05, 0.1) is 6.61 Å². The molecule has 4 unspecified atom stereocenters. The number of amides is 3. The van der Waals surface area contributed by atoms with Gasteiger partial charge < -0.3 is 43.4 Å². The van der Waals surface area contributed by atoms with Gasteiger partial charge in [0.1, 0.15) is 24.2 Å². The van der Waals surface area contributed by atoms with E-state index in [-0.39, 0.29) is 25.3 Å². The number of aliphatic hydroxyl groups is 1. The number of aliphatic hydroxyl groups excluding tert-OH is 1. The van der Waals surface area contributed by atoms with Gasteiger partial charge in [-0.3, -0.25) is 19.4 Å². The molecule has 178 valence electrons. The lowest BCUT2D eigenvalue weighted by atomic mass is 10.1. The number of hydrogen-bond donors (Lipinski definition) is 8. The van der Waals surface area contributed by atoms with Crippen LogP contribution in [-0.2, 0) is 19.2 Å². The van der Waals surface area contributed by atoms with Crippen molar-refractivity contribution in [3.05, 3.63) is 0 Å². The van der Waals surface area contributed by atoms with Crippen molar-refractivity contribution >= 4 is 41.4 Å². The summed E-state index contributed by atoms with van der Waals surface area (Å²) in [5.41, 5.74) is 15.9. The van der Waals surface area contributed by atoms with E-state index in [0.717, 1.165) is 0 Å². The first kappa shape index (κ1) is 28.4. The Morgan fingerprint density at radius 3 is 2.13 bits per heavy atom. The lowest BCUT2D eigenvalue weighted by molar-refractivity contribution is -0.142. The van der Waals surface area contributed by atoms with Gasteiger partial charge in [-0.05, 0) is 38.2 Å². The van der Waals surface area contributed by atoms with E-state index in [1.807, 2.05) is 6.26 Å². The van der Waals surface area contributed by atoms with E-state index >= 15 is 0 Å². The molecule has 0 aliphatic heterocycles. The van der Waals surface area contributed by atoms with Crippen LogP contribution in [0.3, 0.4) is 0 Å². The largest absolute Gasteiger partial charge is 0.480 e. The first-order chi connectivity index (χ1) is 14.5. The molecule has 0 aromatic heterocycles. The fraction of sp³-hybridized carbons (Fsp3) is 0.706. The number of carboxylic acids is 1. The van der Waals surface area contributed by atoms with Gasteiger partial charge in [-0.1, -0.05) is 0 Å². The zero-order valence-corrected chi connectivity index (χ0v) is 18.5. The fourth-order valence-electron chi connectivity index (χ4n) is 2.30. The fourth-order valence-corrected chi connectivity index (χ4v) is 2.77. The van der Waals surface area contributed by atoms with Gasteiger partial charge in [-0.15, -0.1) is 0 Å². The van der Waals surface area contributed by atoms with Gasteiger partial charge in [-0.25, -0.2) is 4.79 Å². The minimum atomic E-state index is -1.24. The van der Waals surface area contributed by atoms with Crippen molar-refractivity contribution in [3.8, 4) is 0 Å². The lowest BCUT2D eigenvalue weighted by Gasteiger charge is -2.23. The summed E-state index contributed by atoms with van der Waals surface area (Å²) in [4.78, 5) is 51.9. The third kappa shape index (κ3) is 12.0. The molecule has 0 aromatic carbocycles. The first-order valence-corrected chi connectivity index (χ1v) is 11.0.